The van der Waals surface area contributed by atoms with Crippen molar-refractivity contribution in [2.24, 2.45) is 5.41 Å². The summed E-state index contributed by atoms with van der Waals surface area (Å²) in [6.45, 7) is 2.55. The van der Waals surface area contributed by atoms with Gasteiger partial charge in [-0.05, 0) is 24.3 Å². The third-order valence-corrected chi connectivity index (χ3v) is 4.88. The first-order valence-electron chi connectivity index (χ1n) is 6.64. The van der Waals surface area contributed by atoms with Gasteiger partial charge in [0, 0.05) is 12.0 Å². The lowest BCUT2D eigenvalue weighted by Gasteiger charge is -2.38. The van der Waals surface area contributed by atoms with Crippen LogP contribution in [0.1, 0.15) is 42.3 Å². The second-order valence-corrected chi connectivity index (χ2v) is 6.33. The van der Waals surface area contributed by atoms with Crippen LogP contribution in [0.5, 0.6) is 5.75 Å². The highest BCUT2D eigenvalue weighted by molar-refractivity contribution is 7.12. The molecule has 0 spiro atoms. The topological polar surface area (TPSA) is 58.6 Å². The molecule has 19 heavy (non-hydrogen) atoms. The zero-order chi connectivity index (χ0) is 13.9. The summed E-state index contributed by atoms with van der Waals surface area (Å²) in [6.07, 6.45) is 3.65. The molecule has 2 rings (SSSR count). The number of hydrogen-bond acceptors (Lipinski definition) is 4. The standard InChI is InChI=1S/C14H21NO3S/c1-14(7-4-3-5-11(14)16)9-15-13(17)12-10(18-2)6-8-19-12/h6,8,11,16H,3-5,7,9H2,1-2H3,(H,15,17). The van der Waals surface area contributed by atoms with Crippen molar-refractivity contribution in [3.63, 3.8) is 0 Å². The summed E-state index contributed by atoms with van der Waals surface area (Å²) in [5.74, 6) is 0.489. The third-order valence-electron chi connectivity index (χ3n) is 3.99. The summed E-state index contributed by atoms with van der Waals surface area (Å²) in [4.78, 5) is 12.7. The first-order valence-corrected chi connectivity index (χ1v) is 7.52. The van der Waals surface area contributed by atoms with Gasteiger partial charge in [0.15, 0.2) is 0 Å². The van der Waals surface area contributed by atoms with Crippen LogP contribution >= 0.6 is 11.3 Å². The van der Waals surface area contributed by atoms with E-state index in [1.165, 1.54) is 11.3 Å². The predicted octanol–water partition coefficient (Wildman–Crippen LogP) is 2.43. The monoisotopic (exact) mass is 283 g/mol. The largest absolute Gasteiger partial charge is 0.495 e. The molecule has 0 radical (unpaired) electrons. The van der Waals surface area contributed by atoms with Crippen molar-refractivity contribution in [3.8, 4) is 5.75 Å². The van der Waals surface area contributed by atoms with E-state index < -0.39 is 0 Å². The van der Waals surface area contributed by atoms with E-state index in [9.17, 15) is 9.90 Å². The number of ether oxygens (including phenoxy) is 1. The summed E-state index contributed by atoms with van der Waals surface area (Å²) >= 11 is 1.37. The highest BCUT2D eigenvalue weighted by atomic mass is 32.1. The Morgan fingerprint density at radius 1 is 1.63 bits per heavy atom. The average Bonchev–Trinajstić information content (AvgIpc) is 2.88. The molecule has 0 aromatic carbocycles. The van der Waals surface area contributed by atoms with Crippen LogP contribution in [0.4, 0.5) is 0 Å². The minimum atomic E-state index is -0.327. The quantitative estimate of drug-likeness (QED) is 0.892. The zero-order valence-electron chi connectivity index (χ0n) is 11.4. The Hall–Kier alpha value is -1.07. The smallest absolute Gasteiger partial charge is 0.265 e. The molecule has 4 nitrogen and oxygen atoms in total. The first-order chi connectivity index (χ1) is 9.07. The molecule has 2 N–H and O–H groups in total. The predicted molar refractivity (Wildman–Crippen MR) is 75.8 cm³/mol. The fraction of sp³-hybridized carbons (Fsp3) is 0.643. The molecule has 1 aliphatic rings. The summed E-state index contributed by atoms with van der Waals surface area (Å²) in [7, 11) is 1.56. The van der Waals surface area contributed by atoms with Crippen molar-refractivity contribution in [3.05, 3.63) is 16.3 Å². The zero-order valence-corrected chi connectivity index (χ0v) is 12.3. The van der Waals surface area contributed by atoms with Gasteiger partial charge in [0.2, 0.25) is 0 Å². The molecule has 2 atom stereocenters. The fourth-order valence-corrected chi connectivity index (χ4v) is 3.35. The molecule has 106 valence electrons. The summed E-state index contributed by atoms with van der Waals surface area (Å²) in [5, 5.41) is 14.9. The van der Waals surface area contributed by atoms with Gasteiger partial charge in [0.1, 0.15) is 10.6 Å². The van der Waals surface area contributed by atoms with Gasteiger partial charge in [-0.25, -0.2) is 0 Å². The van der Waals surface area contributed by atoms with Crippen LogP contribution in [0.2, 0.25) is 0 Å². The second kappa shape index (κ2) is 5.92. The molecule has 1 aromatic rings. The second-order valence-electron chi connectivity index (χ2n) is 5.42. The SMILES string of the molecule is COc1ccsc1C(=O)NCC1(C)CCCCC1O. The normalized spacial score (nSPS) is 27.0. The molecule has 1 heterocycles. The third kappa shape index (κ3) is 3.09. The van der Waals surface area contributed by atoms with Crippen LogP contribution in [-0.4, -0.2) is 30.8 Å². The number of methoxy groups -OCH3 is 1. The lowest BCUT2D eigenvalue weighted by molar-refractivity contribution is 0.00192. The minimum absolute atomic E-state index is 0.120. The number of carbonyl (C=O) groups excluding carboxylic acids is 1. The van der Waals surface area contributed by atoms with Gasteiger partial charge >= 0.3 is 0 Å². The van der Waals surface area contributed by atoms with E-state index in [4.69, 9.17) is 4.74 Å². The number of rotatable bonds is 4. The lowest BCUT2D eigenvalue weighted by Crippen LogP contribution is -2.45. The minimum Gasteiger partial charge on any atom is -0.495 e. The number of aliphatic hydroxyl groups is 1. The summed E-state index contributed by atoms with van der Waals surface area (Å²) in [6, 6.07) is 1.79. The summed E-state index contributed by atoms with van der Waals surface area (Å²) in [5.41, 5.74) is -0.210. The van der Waals surface area contributed by atoms with Crippen molar-refractivity contribution in [2.45, 2.75) is 38.7 Å². The number of carbonyl (C=O) groups is 1. The van der Waals surface area contributed by atoms with Crippen LogP contribution in [-0.2, 0) is 0 Å². The van der Waals surface area contributed by atoms with Gasteiger partial charge in [-0.2, -0.15) is 0 Å². The molecule has 1 saturated carbocycles. The average molecular weight is 283 g/mol. The maximum absolute atomic E-state index is 12.1. The van der Waals surface area contributed by atoms with Crippen molar-refractivity contribution in [2.75, 3.05) is 13.7 Å². The van der Waals surface area contributed by atoms with Gasteiger partial charge in [-0.15, -0.1) is 11.3 Å². The maximum atomic E-state index is 12.1. The van der Waals surface area contributed by atoms with Gasteiger partial charge in [0.05, 0.1) is 13.2 Å². The van der Waals surface area contributed by atoms with E-state index in [2.05, 4.69) is 5.32 Å². The molecule has 0 bridgehead atoms. The molecule has 1 aliphatic carbocycles. The van der Waals surface area contributed by atoms with Crippen LogP contribution in [0.3, 0.4) is 0 Å². The van der Waals surface area contributed by atoms with Gasteiger partial charge in [-0.3, -0.25) is 4.79 Å². The van der Waals surface area contributed by atoms with Crippen LogP contribution in [0.25, 0.3) is 0 Å². The van der Waals surface area contributed by atoms with E-state index in [1.807, 2.05) is 12.3 Å². The van der Waals surface area contributed by atoms with Crippen LogP contribution in [0, 0.1) is 5.41 Å². The number of nitrogens with one attached hydrogen (secondary N) is 1. The molecular weight excluding hydrogens is 262 g/mol. The van der Waals surface area contributed by atoms with Crippen molar-refractivity contribution >= 4 is 17.2 Å². The number of thiophene rings is 1. The Morgan fingerprint density at radius 3 is 3.11 bits per heavy atom. The number of hydrogen-bond donors (Lipinski definition) is 2. The Morgan fingerprint density at radius 2 is 2.42 bits per heavy atom. The highest BCUT2D eigenvalue weighted by Gasteiger charge is 2.35. The van der Waals surface area contributed by atoms with Gasteiger partial charge in [-0.1, -0.05) is 19.8 Å². The molecule has 2 unspecified atom stereocenters. The van der Waals surface area contributed by atoms with E-state index in [1.54, 1.807) is 13.2 Å². The fourth-order valence-electron chi connectivity index (χ4n) is 2.57. The molecule has 1 aromatic heterocycles. The van der Waals surface area contributed by atoms with Crippen molar-refractivity contribution < 1.29 is 14.6 Å². The molecule has 1 amide bonds. The molecule has 0 saturated heterocycles. The van der Waals surface area contributed by atoms with Gasteiger partial charge in [0.25, 0.3) is 5.91 Å². The van der Waals surface area contributed by atoms with Gasteiger partial charge < -0.3 is 15.2 Å². The van der Waals surface area contributed by atoms with E-state index in [0.29, 0.717) is 17.2 Å². The Kier molecular flexibility index (Phi) is 4.47. The molecule has 5 heteroatoms. The van der Waals surface area contributed by atoms with Crippen LogP contribution < -0.4 is 10.1 Å². The van der Waals surface area contributed by atoms with E-state index in [0.717, 1.165) is 25.7 Å². The van der Waals surface area contributed by atoms with Crippen molar-refractivity contribution in [1.29, 1.82) is 0 Å². The summed E-state index contributed by atoms with van der Waals surface area (Å²) < 4.78 is 5.14. The maximum Gasteiger partial charge on any atom is 0.265 e. The number of aliphatic hydroxyl groups excluding tert-OH is 1. The Labute approximate surface area is 117 Å². The highest BCUT2D eigenvalue weighted by Crippen LogP contribution is 2.35. The Bertz CT molecular complexity index is 446. The van der Waals surface area contributed by atoms with E-state index in [-0.39, 0.29) is 17.4 Å². The van der Waals surface area contributed by atoms with Crippen molar-refractivity contribution in [1.82, 2.24) is 5.32 Å². The lowest BCUT2D eigenvalue weighted by atomic mass is 9.73. The number of amides is 1. The van der Waals surface area contributed by atoms with E-state index >= 15 is 0 Å². The Balaban J connectivity index is 1.96. The van der Waals surface area contributed by atoms with Crippen LogP contribution in [0.15, 0.2) is 11.4 Å². The molecule has 1 fully saturated rings. The first kappa shape index (κ1) is 14.3. The molecular formula is C14H21NO3S. The molecule has 0 aliphatic heterocycles.